The second-order valence-corrected chi connectivity index (χ2v) is 13.9. The monoisotopic (exact) mass is 576 g/mol. The van der Waals surface area contributed by atoms with Crippen LogP contribution < -0.4 is 4.90 Å². The van der Waals surface area contributed by atoms with Gasteiger partial charge >= 0.3 is 0 Å². The van der Waals surface area contributed by atoms with Gasteiger partial charge in [0, 0.05) is 10.8 Å². The highest BCUT2D eigenvalue weighted by atomic mass is 16.2. The van der Waals surface area contributed by atoms with Gasteiger partial charge in [0.05, 0.1) is 33.5 Å². The lowest BCUT2D eigenvalue weighted by molar-refractivity contribution is 0.0926. The zero-order valence-corrected chi connectivity index (χ0v) is 26.1. The lowest BCUT2D eigenvalue weighted by Gasteiger charge is -2.20. The van der Waals surface area contributed by atoms with Gasteiger partial charge in [0.2, 0.25) is 0 Å². The molecule has 0 N–H and O–H groups in total. The number of carbonyl (C=O) groups excluding carboxylic acids is 2. The van der Waals surface area contributed by atoms with E-state index in [4.69, 9.17) is 0 Å². The Hall–Kier alpha value is -4.96. The van der Waals surface area contributed by atoms with Crippen LogP contribution in [0.3, 0.4) is 0 Å². The maximum absolute atomic E-state index is 14.4. The molecule has 1 aliphatic heterocycles. The molecule has 218 valence electrons. The molecule has 2 amide bonds. The molecule has 1 aromatic heterocycles. The van der Waals surface area contributed by atoms with E-state index in [-0.39, 0.29) is 22.6 Å². The van der Waals surface area contributed by atoms with Gasteiger partial charge in [0.15, 0.2) is 0 Å². The number of hydrogen-bond acceptors (Lipinski definition) is 2. The molecule has 0 saturated carbocycles. The van der Waals surface area contributed by atoms with Crippen molar-refractivity contribution in [3.63, 3.8) is 0 Å². The molecule has 4 heteroatoms. The number of rotatable bonds is 3. The molecule has 7 rings (SSSR count). The van der Waals surface area contributed by atoms with Gasteiger partial charge in [-0.05, 0) is 69.5 Å². The van der Waals surface area contributed by atoms with E-state index in [9.17, 15) is 9.59 Å². The Morgan fingerprint density at radius 1 is 0.523 bits per heavy atom. The first-order chi connectivity index (χ1) is 20.9. The molecule has 0 radical (unpaired) electrons. The SMILES string of the molecule is CC(C)(C)c1ccc2c3ccc(C(C)(C)C)cc3n(-c3cccc4c3C(=O)N(c3cccc(-c5ccccc5)c3)C4=O)c2c1. The van der Waals surface area contributed by atoms with Crippen molar-refractivity contribution >= 4 is 39.3 Å². The first-order valence-corrected chi connectivity index (χ1v) is 15.2. The third kappa shape index (κ3) is 4.36. The van der Waals surface area contributed by atoms with E-state index in [0.717, 1.165) is 38.6 Å². The van der Waals surface area contributed by atoms with Crippen molar-refractivity contribution in [2.45, 2.75) is 52.4 Å². The van der Waals surface area contributed by atoms with Crippen LogP contribution in [0.25, 0.3) is 38.6 Å². The quantitative estimate of drug-likeness (QED) is 0.197. The highest BCUT2D eigenvalue weighted by molar-refractivity contribution is 6.36. The van der Waals surface area contributed by atoms with Gasteiger partial charge in [-0.25, -0.2) is 4.90 Å². The first kappa shape index (κ1) is 27.8. The zero-order chi connectivity index (χ0) is 31.0. The van der Waals surface area contributed by atoms with Crippen LogP contribution in [0.1, 0.15) is 73.4 Å². The Bertz CT molecular complexity index is 2050. The van der Waals surface area contributed by atoms with Crippen LogP contribution in [0.5, 0.6) is 0 Å². The highest BCUT2D eigenvalue weighted by Crippen LogP contribution is 2.40. The average Bonchev–Trinajstić information content (AvgIpc) is 3.46. The number of imide groups is 1. The van der Waals surface area contributed by atoms with Gasteiger partial charge in [-0.15, -0.1) is 0 Å². The third-order valence-corrected chi connectivity index (χ3v) is 8.84. The van der Waals surface area contributed by atoms with E-state index in [0.29, 0.717) is 16.8 Å². The maximum atomic E-state index is 14.4. The highest BCUT2D eigenvalue weighted by Gasteiger charge is 2.39. The molecular weight excluding hydrogens is 540 g/mol. The number of hydrogen-bond donors (Lipinski definition) is 0. The molecule has 4 nitrogen and oxygen atoms in total. The Labute approximate surface area is 258 Å². The van der Waals surface area contributed by atoms with Crippen molar-refractivity contribution in [2.75, 3.05) is 4.90 Å². The van der Waals surface area contributed by atoms with Crippen molar-refractivity contribution < 1.29 is 9.59 Å². The Morgan fingerprint density at radius 2 is 1.09 bits per heavy atom. The molecule has 6 aromatic rings. The fraction of sp³-hybridized carbons (Fsp3) is 0.200. The summed E-state index contributed by atoms with van der Waals surface area (Å²) in [5, 5.41) is 2.24. The van der Waals surface area contributed by atoms with Gasteiger partial charge in [0.25, 0.3) is 11.8 Å². The topological polar surface area (TPSA) is 42.3 Å². The second kappa shape index (κ2) is 9.78. The fourth-order valence-corrected chi connectivity index (χ4v) is 6.35. The van der Waals surface area contributed by atoms with E-state index >= 15 is 0 Å². The molecule has 0 atom stereocenters. The van der Waals surface area contributed by atoms with Crippen molar-refractivity contribution in [2.24, 2.45) is 0 Å². The van der Waals surface area contributed by atoms with E-state index < -0.39 is 0 Å². The fourth-order valence-electron chi connectivity index (χ4n) is 6.35. The summed E-state index contributed by atoms with van der Waals surface area (Å²) in [6, 6.07) is 36.6. The number of amides is 2. The molecule has 5 aromatic carbocycles. The number of carbonyl (C=O) groups is 2. The summed E-state index contributed by atoms with van der Waals surface area (Å²) in [4.78, 5) is 29.7. The van der Waals surface area contributed by atoms with Crippen molar-refractivity contribution in [1.82, 2.24) is 4.57 Å². The van der Waals surface area contributed by atoms with Gasteiger partial charge in [-0.1, -0.05) is 114 Å². The minimum atomic E-state index is -0.306. The number of anilines is 1. The minimum Gasteiger partial charge on any atom is -0.308 e. The standard InChI is InChI=1S/C40H36N2O2/c1-39(2,3)27-18-20-30-31-21-19-28(40(4,5)6)24-35(31)42(34(30)23-27)33-17-11-16-32-36(33)38(44)41(37(32)43)29-15-10-14-26(22-29)25-12-8-7-9-13-25/h7-24H,1-6H3. The van der Waals surface area contributed by atoms with Crippen LogP contribution in [0, 0.1) is 0 Å². The molecule has 0 fully saturated rings. The van der Waals surface area contributed by atoms with Crippen LogP contribution >= 0.6 is 0 Å². The van der Waals surface area contributed by atoms with Crippen LogP contribution in [0.2, 0.25) is 0 Å². The van der Waals surface area contributed by atoms with Gasteiger partial charge in [0.1, 0.15) is 0 Å². The lowest BCUT2D eigenvalue weighted by Crippen LogP contribution is -2.29. The van der Waals surface area contributed by atoms with Gasteiger partial charge in [-0.3, -0.25) is 9.59 Å². The first-order valence-electron chi connectivity index (χ1n) is 15.2. The van der Waals surface area contributed by atoms with E-state index in [1.807, 2.05) is 66.7 Å². The molecule has 0 saturated heterocycles. The number of fused-ring (bicyclic) bond motifs is 4. The minimum absolute atomic E-state index is 0.0585. The summed E-state index contributed by atoms with van der Waals surface area (Å²) in [6.07, 6.45) is 0. The molecule has 2 heterocycles. The lowest BCUT2D eigenvalue weighted by atomic mass is 9.86. The van der Waals surface area contributed by atoms with Crippen LogP contribution in [-0.4, -0.2) is 16.4 Å². The zero-order valence-electron chi connectivity index (χ0n) is 26.1. The molecule has 0 unspecified atom stereocenters. The summed E-state index contributed by atoms with van der Waals surface area (Å²) in [6.45, 7) is 13.3. The molecular formula is C40H36N2O2. The largest absolute Gasteiger partial charge is 0.308 e. The van der Waals surface area contributed by atoms with Crippen LogP contribution in [0.15, 0.2) is 109 Å². The van der Waals surface area contributed by atoms with Crippen molar-refractivity contribution in [1.29, 1.82) is 0 Å². The van der Waals surface area contributed by atoms with Crippen molar-refractivity contribution in [3.8, 4) is 16.8 Å². The van der Waals surface area contributed by atoms with E-state index in [2.05, 4.69) is 82.5 Å². The van der Waals surface area contributed by atoms with Gasteiger partial charge in [-0.2, -0.15) is 0 Å². The summed E-state index contributed by atoms with van der Waals surface area (Å²) >= 11 is 0. The predicted molar refractivity (Wildman–Crippen MR) is 181 cm³/mol. The summed E-state index contributed by atoms with van der Waals surface area (Å²) < 4.78 is 2.20. The number of nitrogens with zero attached hydrogens (tertiary/aromatic N) is 2. The molecule has 0 bridgehead atoms. The van der Waals surface area contributed by atoms with E-state index in [1.165, 1.54) is 16.0 Å². The summed E-state index contributed by atoms with van der Waals surface area (Å²) in [7, 11) is 0. The number of benzene rings is 5. The predicted octanol–water partition coefficient (Wildman–Crippen LogP) is 9.85. The molecule has 44 heavy (non-hydrogen) atoms. The maximum Gasteiger partial charge on any atom is 0.268 e. The number of aromatic nitrogens is 1. The van der Waals surface area contributed by atoms with Crippen LogP contribution in [0.4, 0.5) is 5.69 Å². The summed E-state index contributed by atoms with van der Waals surface area (Å²) in [5.74, 6) is -0.608. The second-order valence-electron chi connectivity index (χ2n) is 13.9. The molecule has 1 aliphatic rings. The molecule has 0 spiro atoms. The smallest absolute Gasteiger partial charge is 0.268 e. The van der Waals surface area contributed by atoms with Crippen LogP contribution in [-0.2, 0) is 10.8 Å². The summed E-state index contributed by atoms with van der Waals surface area (Å²) in [5.41, 5.74) is 8.47. The molecule has 0 aliphatic carbocycles. The Morgan fingerprint density at radius 3 is 1.68 bits per heavy atom. The van der Waals surface area contributed by atoms with Gasteiger partial charge < -0.3 is 4.57 Å². The normalized spacial score (nSPS) is 13.7. The Balaban J connectivity index is 1.46. The average molecular weight is 577 g/mol. The Kier molecular flexibility index (Phi) is 6.19. The third-order valence-electron chi connectivity index (χ3n) is 8.84. The van der Waals surface area contributed by atoms with Crippen molar-refractivity contribution in [3.05, 3.63) is 131 Å². The van der Waals surface area contributed by atoms with E-state index in [1.54, 1.807) is 6.07 Å².